The van der Waals surface area contributed by atoms with Gasteiger partial charge < -0.3 is 10.6 Å². The van der Waals surface area contributed by atoms with E-state index < -0.39 is 0 Å². The van der Waals surface area contributed by atoms with Gasteiger partial charge >= 0.3 is 0 Å². The summed E-state index contributed by atoms with van der Waals surface area (Å²) >= 11 is 0. The summed E-state index contributed by atoms with van der Waals surface area (Å²) < 4.78 is 0. The zero-order chi connectivity index (χ0) is 16.1. The zero-order valence-electron chi connectivity index (χ0n) is 13.3. The molecule has 5 nitrogen and oxygen atoms in total. The van der Waals surface area contributed by atoms with Crippen LogP contribution in [0, 0.1) is 18.3 Å². The minimum absolute atomic E-state index is 0.0316. The first-order valence-electron chi connectivity index (χ1n) is 8.02. The van der Waals surface area contributed by atoms with E-state index in [-0.39, 0.29) is 11.4 Å². The van der Waals surface area contributed by atoms with Crippen LogP contribution in [-0.4, -0.2) is 22.1 Å². The minimum atomic E-state index is 0.0316. The lowest BCUT2D eigenvalue weighted by molar-refractivity contribution is 0.506. The highest BCUT2D eigenvalue weighted by atomic mass is 15.1. The number of aromatic nitrogens is 2. The second kappa shape index (κ2) is 6.66. The molecule has 3 rings (SSSR count). The molecule has 0 radical (unpaired) electrons. The SMILES string of the molecule is Cc1ccccc1NC1(CNc2ccnc(C#N)n2)CCCC1. The Hall–Kier alpha value is -2.61. The lowest BCUT2D eigenvalue weighted by Gasteiger charge is -2.32. The number of nitrogens with one attached hydrogen (secondary N) is 2. The van der Waals surface area contributed by atoms with Gasteiger partial charge in [-0.1, -0.05) is 31.0 Å². The van der Waals surface area contributed by atoms with Crippen LogP contribution in [0.3, 0.4) is 0 Å². The molecule has 0 saturated heterocycles. The topological polar surface area (TPSA) is 73.6 Å². The molecule has 1 fully saturated rings. The number of aryl methyl sites for hydroxylation is 1. The molecule has 1 aromatic heterocycles. The van der Waals surface area contributed by atoms with Gasteiger partial charge in [0.1, 0.15) is 11.9 Å². The van der Waals surface area contributed by atoms with Gasteiger partial charge in [0, 0.05) is 18.4 Å². The summed E-state index contributed by atoms with van der Waals surface area (Å²) in [4.78, 5) is 8.10. The third kappa shape index (κ3) is 3.59. The van der Waals surface area contributed by atoms with Crippen LogP contribution in [0.4, 0.5) is 11.5 Å². The van der Waals surface area contributed by atoms with E-state index in [1.807, 2.05) is 6.07 Å². The highest BCUT2D eigenvalue weighted by Gasteiger charge is 2.33. The smallest absolute Gasteiger partial charge is 0.234 e. The molecule has 1 aromatic carbocycles. The highest BCUT2D eigenvalue weighted by Crippen LogP contribution is 2.34. The van der Waals surface area contributed by atoms with Crippen LogP contribution >= 0.6 is 0 Å². The predicted octanol–water partition coefficient (Wildman–Crippen LogP) is 3.49. The van der Waals surface area contributed by atoms with Gasteiger partial charge in [0.25, 0.3) is 0 Å². The fraction of sp³-hybridized carbons (Fsp3) is 0.389. The summed E-state index contributed by atoms with van der Waals surface area (Å²) in [6.07, 6.45) is 6.33. The number of hydrogen-bond donors (Lipinski definition) is 2. The van der Waals surface area contributed by atoms with Crippen LogP contribution in [-0.2, 0) is 0 Å². The van der Waals surface area contributed by atoms with Gasteiger partial charge in [-0.25, -0.2) is 9.97 Å². The maximum Gasteiger partial charge on any atom is 0.234 e. The first-order chi connectivity index (χ1) is 11.2. The Morgan fingerprint density at radius 1 is 1.22 bits per heavy atom. The minimum Gasteiger partial charge on any atom is -0.378 e. The largest absolute Gasteiger partial charge is 0.378 e. The van der Waals surface area contributed by atoms with Crippen molar-refractivity contribution in [2.75, 3.05) is 17.2 Å². The fourth-order valence-electron chi connectivity index (χ4n) is 3.17. The summed E-state index contributed by atoms with van der Waals surface area (Å²) in [5.74, 6) is 0.900. The number of nitrogens with zero attached hydrogens (tertiary/aromatic N) is 3. The van der Waals surface area contributed by atoms with Crippen LogP contribution in [0.5, 0.6) is 0 Å². The molecule has 2 N–H and O–H groups in total. The zero-order valence-corrected chi connectivity index (χ0v) is 13.3. The predicted molar refractivity (Wildman–Crippen MR) is 91.2 cm³/mol. The second-order valence-corrected chi connectivity index (χ2v) is 6.16. The van der Waals surface area contributed by atoms with E-state index in [2.05, 4.69) is 51.8 Å². The van der Waals surface area contributed by atoms with Gasteiger partial charge in [-0.3, -0.25) is 0 Å². The average molecular weight is 307 g/mol. The van der Waals surface area contributed by atoms with Crippen molar-refractivity contribution in [3.8, 4) is 6.07 Å². The molecule has 1 aliphatic rings. The van der Waals surface area contributed by atoms with Gasteiger partial charge in [-0.2, -0.15) is 5.26 Å². The molecule has 0 amide bonds. The molecule has 5 heteroatoms. The van der Waals surface area contributed by atoms with Gasteiger partial charge in [0.15, 0.2) is 0 Å². The molecule has 0 unspecified atom stereocenters. The molecule has 2 aromatic rings. The van der Waals surface area contributed by atoms with Crippen LogP contribution in [0.1, 0.15) is 37.1 Å². The summed E-state index contributed by atoms with van der Waals surface area (Å²) in [6, 6.07) is 12.2. The third-order valence-electron chi connectivity index (χ3n) is 4.47. The van der Waals surface area contributed by atoms with Crippen LogP contribution in [0.25, 0.3) is 0 Å². The van der Waals surface area contributed by atoms with Crippen LogP contribution in [0.2, 0.25) is 0 Å². The number of rotatable bonds is 5. The lowest BCUT2D eigenvalue weighted by Crippen LogP contribution is -2.42. The summed E-state index contributed by atoms with van der Waals surface area (Å²) in [7, 11) is 0. The lowest BCUT2D eigenvalue weighted by atomic mass is 9.96. The summed E-state index contributed by atoms with van der Waals surface area (Å²) in [5.41, 5.74) is 2.48. The molecule has 1 saturated carbocycles. The van der Waals surface area contributed by atoms with E-state index in [1.54, 1.807) is 12.3 Å². The van der Waals surface area contributed by atoms with E-state index in [0.717, 1.165) is 19.4 Å². The Balaban J connectivity index is 1.74. The maximum absolute atomic E-state index is 8.90. The van der Waals surface area contributed by atoms with Crippen molar-refractivity contribution >= 4 is 11.5 Å². The van der Waals surface area contributed by atoms with E-state index in [1.165, 1.54) is 24.1 Å². The molecule has 0 bridgehead atoms. The van der Waals surface area contributed by atoms with Crippen molar-refractivity contribution in [3.05, 3.63) is 47.9 Å². The Kier molecular flexibility index (Phi) is 4.42. The number of nitriles is 1. The number of benzene rings is 1. The first-order valence-corrected chi connectivity index (χ1v) is 8.02. The quantitative estimate of drug-likeness (QED) is 0.884. The third-order valence-corrected chi connectivity index (χ3v) is 4.47. The van der Waals surface area contributed by atoms with Crippen molar-refractivity contribution in [2.24, 2.45) is 0 Å². The number of anilines is 2. The monoisotopic (exact) mass is 307 g/mol. The molecule has 118 valence electrons. The van der Waals surface area contributed by atoms with E-state index in [0.29, 0.717) is 5.82 Å². The molecule has 0 atom stereocenters. The first kappa shape index (κ1) is 15.3. The summed E-state index contributed by atoms with van der Waals surface area (Å²) in [5, 5.41) is 16.0. The average Bonchev–Trinajstić information content (AvgIpc) is 3.04. The maximum atomic E-state index is 8.90. The molecular weight excluding hydrogens is 286 g/mol. The van der Waals surface area contributed by atoms with Gasteiger partial charge in [0.2, 0.25) is 5.82 Å². The Bertz CT molecular complexity index is 713. The molecule has 0 aliphatic heterocycles. The van der Waals surface area contributed by atoms with Crippen LogP contribution < -0.4 is 10.6 Å². The van der Waals surface area contributed by atoms with E-state index >= 15 is 0 Å². The Morgan fingerprint density at radius 3 is 2.74 bits per heavy atom. The van der Waals surface area contributed by atoms with E-state index in [9.17, 15) is 0 Å². The highest BCUT2D eigenvalue weighted by molar-refractivity contribution is 5.53. The van der Waals surface area contributed by atoms with Crippen LogP contribution in [0.15, 0.2) is 36.5 Å². The fourth-order valence-corrected chi connectivity index (χ4v) is 3.17. The van der Waals surface area contributed by atoms with Gasteiger partial charge in [-0.15, -0.1) is 0 Å². The Labute approximate surface area is 136 Å². The number of para-hydroxylation sites is 1. The molecule has 1 heterocycles. The molecule has 23 heavy (non-hydrogen) atoms. The van der Waals surface area contributed by atoms with Crippen molar-refractivity contribution in [1.29, 1.82) is 5.26 Å². The standard InChI is InChI=1S/C18H21N5/c1-14-6-2-3-7-15(14)23-18(9-4-5-10-18)13-21-16-8-11-20-17(12-19)22-16/h2-3,6-8,11,23H,4-5,9-10,13H2,1H3,(H,20,21,22). The van der Waals surface area contributed by atoms with Gasteiger partial charge in [-0.05, 0) is 37.5 Å². The van der Waals surface area contributed by atoms with E-state index in [4.69, 9.17) is 5.26 Å². The van der Waals surface area contributed by atoms with Gasteiger partial charge in [0.05, 0.1) is 5.54 Å². The Morgan fingerprint density at radius 2 is 2.00 bits per heavy atom. The van der Waals surface area contributed by atoms with Crippen molar-refractivity contribution < 1.29 is 0 Å². The molecule has 0 spiro atoms. The van der Waals surface area contributed by atoms with Crippen molar-refractivity contribution in [3.63, 3.8) is 0 Å². The number of hydrogen-bond acceptors (Lipinski definition) is 5. The van der Waals surface area contributed by atoms with Crippen molar-refractivity contribution in [2.45, 2.75) is 38.1 Å². The van der Waals surface area contributed by atoms with Crippen molar-refractivity contribution in [1.82, 2.24) is 9.97 Å². The second-order valence-electron chi connectivity index (χ2n) is 6.16. The molecular formula is C18H21N5. The summed E-state index contributed by atoms with van der Waals surface area (Å²) in [6.45, 7) is 2.91. The normalized spacial score (nSPS) is 15.8. The molecule has 1 aliphatic carbocycles.